The SMILES string of the molecule is CN=C(NCCCOc1ccccc1)NCc1sc(C)nc1C.I. The minimum absolute atomic E-state index is 0. The summed E-state index contributed by atoms with van der Waals surface area (Å²) in [7, 11) is 1.78. The Balaban J connectivity index is 0.00000288. The van der Waals surface area contributed by atoms with E-state index in [-0.39, 0.29) is 24.0 Å². The highest BCUT2D eigenvalue weighted by Crippen LogP contribution is 2.16. The van der Waals surface area contributed by atoms with Gasteiger partial charge in [-0.15, -0.1) is 35.3 Å². The van der Waals surface area contributed by atoms with E-state index >= 15 is 0 Å². The lowest BCUT2D eigenvalue weighted by molar-refractivity contribution is 0.311. The van der Waals surface area contributed by atoms with Crippen molar-refractivity contribution in [2.75, 3.05) is 20.2 Å². The topological polar surface area (TPSA) is 58.5 Å². The average Bonchev–Trinajstić information content (AvgIpc) is 2.88. The van der Waals surface area contributed by atoms with E-state index in [1.807, 2.05) is 44.2 Å². The summed E-state index contributed by atoms with van der Waals surface area (Å²) in [5.74, 6) is 1.71. The Hall–Kier alpha value is -1.35. The molecular weight excluding hydrogens is 435 g/mol. The van der Waals surface area contributed by atoms with Crippen LogP contribution in [0.4, 0.5) is 0 Å². The lowest BCUT2D eigenvalue weighted by Gasteiger charge is -2.11. The minimum Gasteiger partial charge on any atom is -0.494 e. The number of nitrogens with one attached hydrogen (secondary N) is 2. The summed E-state index contributed by atoms with van der Waals surface area (Å²) in [4.78, 5) is 9.91. The van der Waals surface area contributed by atoms with Crippen LogP contribution in [0, 0.1) is 13.8 Å². The number of aryl methyl sites for hydroxylation is 2. The van der Waals surface area contributed by atoms with Gasteiger partial charge in [-0.25, -0.2) is 4.98 Å². The third-order valence-corrected chi connectivity index (χ3v) is 4.34. The predicted molar refractivity (Wildman–Crippen MR) is 112 cm³/mol. The second-order valence-electron chi connectivity index (χ2n) is 5.11. The highest BCUT2D eigenvalue weighted by atomic mass is 127. The number of para-hydroxylation sites is 1. The molecule has 0 bridgehead atoms. The van der Waals surface area contributed by atoms with Gasteiger partial charge < -0.3 is 15.4 Å². The highest BCUT2D eigenvalue weighted by Gasteiger charge is 2.05. The van der Waals surface area contributed by atoms with E-state index in [2.05, 4.69) is 20.6 Å². The molecule has 2 rings (SSSR count). The van der Waals surface area contributed by atoms with E-state index in [9.17, 15) is 0 Å². The van der Waals surface area contributed by atoms with Crippen molar-refractivity contribution in [3.05, 3.63) is 45.9 Å². The lowest BCUT2D eigenvalue weighted by atomic mass is 10.3. The van der Waals surface area contributed by atoms with Gasteiger partial charge in [0.15, 0.2) is 5.96 Å². The summed E-state index contributed by atoms with van der Waals surface area (Å²) in [5.41, 5.74) is 1.09. The van der Waals surface area contributed by atoms with Crippen LogP contribution in [-0.2, 0) is 6.54 Å². The molecule has 2 aromatic rings. The molecule has 0 saturated carbocycles. The van der Waals surface area contributed by atoms with Crippen molar-refractivity contribution in [2.45, 2.75) is 26.8 Å². The Morgan fingerprint density at radius 1 is 1.21 bits per heavy atom. The van der Waals surface area contributed by atoms with Gasteiger partial charge in [0.05, 0.1) is 23.9 Å². The molecule has 0 fully saturated rings. The monoisotopic (exact) mass is 460 g/mol. The summed E-state index contributed by atoms with van der Waals surface area (Å²) >= 11 is 1.72. The zero-order valence-corrected chi connectivity index (χ0v) is 17.5. The summed E-state index contributed by atoms with van der Waals surface area (Å²) in [6.45, 7) is 6.31. The number of aliphatic imine (C=N–C) groups is 1. The second-order valence-corrected chi connectivity index (χ2v) is 6.40. The van der Waals surface area contributed by atoms with Gasteiger partial charge in [-0.05, 0) is 32.4 Å². The first-order chi connectivity index (χ1) is 11.2. The molecule has 0 aliphatic carbocycles. The molecular formula is C17H25IN4OS. The van der Waals surface area contributed by atoms with Crippen molar-refractivity contribution in [2.24, 2.45) is 4.99 Å². The maximum Gasteiger partial charge on any atom is 0.191 e. The summed E-state index contributed by atoms with van der Waals surface area (Å²) in [6, 6.07) is 9.86. The first-order valence-corrected chi connectivity index (χ1v) is 8.56. The molecule has 0 spiro atoms. The highest BCUT2D eigenvalue weighted by molar-refractivity contribution is 14.0. The van der Waals surface area contributed by atoms with Gasteiger partial charge in [-0.1, -0.05) is 18.2 Å². The molecule has 1 aromatic heterocycles. The molecule has 1 aromatic carbocycles. The van der Waals surface area contributed by atoms with Crippen LogP contribution in [-0.4, -0.2) is 31.1 Å². The van der Waals surface area contributed by atoms with Crippen LogP contribution in [0.2, 0.25) is 0 Å². The van der Waals surface area contributed by atoms with Crippen molar-refractivity contribution in [3.63, 3.8) is 0 Å². The quantitative estimate of drug-likeness (QED) is 0.288. The van der Waals surface area contributed by atoms with E-state index in [0.29, 0.717) is 6.61 Å². The van der Waals surface area contributed by atoms with Crippen LogP contribution in [0.15, 0.2) is 35.3 Å². The number of ether oxygens (including phenoxy) is 1. The number of halogens is 1. The molecule has 7 heteroatoms. The third kappa shape index (κ3) is 7.04. The molecule has 0 atom stereocenters. The van der Waals surface area contributed by atoms with E-state index in [0.717, 1.165) is 41.9 Å². The summed E-state index contributed by atoms with van der Waals surface area (Å²) < 4.78 is 5.66. The zero-order chi connectivity index (χ0) is 16.5. The molecule has 0 aliphatic heterocycles. The van der Waals surface area contributed by atoms with Crippen LogP contribution in [0.3, 0.4) is 0 Å². The number of aromatic nitrogens is 1. The fraction of sp³-hybridized carbons (Fsp3) is 0.412. The molecule has 2 N–H and O–H groups in total. The second kappa shape index (κ2) is 11.2. The van der Waals surface area contributed by atoms with Gasteiger partial charge in [0.1, 0.15) is 5.75 Å². The molecule has 0 aliphatic rings. The molecule has 0 amide bonds. The molecule has 1 heterocycles. The van der Waals surface area contributed by atoms with Crippen LogP contribution in [0.5, 0.6) is 5.75 Å². The van der Waals surface area contributed by atoms with Gasteiger partial charge in [0.25, 0.3) is 0 Å². The zero-order valence-electron chi connectivity index (χ0n) is 14.3. The van der Waals surface area contributed by atoms with Crippen molar-refractivity contribution in [3.8, 4) is 5.75 Å². The van der Waals surface area contributed by atoms with E-state index < -0.39 is 0 Å². The number of hydrogen-bond acceptors (Lipinski definition) is 4. The van der Waals surface area contributed by atoms with Gasteiger partial charge in [0, 0.05) is 18.5 Å². The Morgan fingerprint density at radius 3 is 2.58 bits per heavy atom. The first-order valence-electron chi connectivity index (χ1n) is 7.74. The van der Waals surface area contributed by atoms with Crippen molar-refractivity contribution < 1.29 is 4.74 Å². The molecule has 0 saturated heterocycles. The van der Waals surface area contributed by atoms with Crippen molar-refractivity contribution in [1.29, 1.82) is 0 Å². The number of thiazole rings is 1. The van der Waals surface area contributed by atoms with Gasteiger partial charge in [-0.3, -0.25) is 4.99 Å². The number of benzene rings is 1. The van der Waals surface area contributed by atoms with Crippen LogP contribution < -0.4 is 15.4 Å². The van der Waals surface area contributed by atoms with E-state index in [4.69, 9.17) is 4.74 Å². The average molecular weight is 460 g/mol. The molecule has 0 unspecified atom stereocenters. The largest absolute Gasteiger partial charge is 0.494 e. The fourth-order valence-electron chi connectivity index (χ4n) is 2.11. The van der Waals surface area contributed by atoms with E-state index in [1.165, 1.54) is 4.88 Å². The Morgan fingerprint density at radius 2 is 1.96 bits per heavy atom. The third-order valence-electron chi connectivity index (χ3n) is 3.27. The maximum atomic E-state index is 5.66. The smallest absolute Gasteiger partial charge is 0.191 e. The Labute approximate surface area is 165 Å². The lowest BCUT2D eigenvalue weighted by Crippen LogP contribution is -2.37. The van der Waals surface area contributed by atoms with Crippen LogP contribution in [0.1, 0.15) is 22.0 Å². The normalized spacial score (nSPS) is 10.9. The molecule has 132 valence electrons. The van der Waals surface area contributed by atoms with Gasteiger partial charge >= 0.3 is 0 Å². The predicted octanol–water partition coefficient (Wildman–Crippen LogP) is 3.51. The Bertz CT molecular complexity index is 631. The number of nitrogens with zero attached hydrogens (tertiary/aromatic N) is 2. The van der Waals surface area contributed by atoms with Crippen molar-refractivity contribution >= 4 is 41.3 Å². The van der Waals surface area contributed by atoms with Crippen LogP contribution in [0.25, 0.3) is 0 Å². The molecule has 5 nitrogen and oxygen atoms in total. The first kappa shape index (κ1) is 20.7. The number of rotatable bonds is 7. The number of guanidine groups is 1. The number of hydrogen-bond donors (Lipinski definition) is 2. The fourth-order valence-corrected chi connectivity index (χ4v) is 2.98. The maximum absolute atomic E-state index is 5.66. The minimum atomic E-state index is 0. The van der Waals surface area contributed by atoms with Gasteiger partial charge in [-0.2, -0.15) is 0 Å². The standard InChI is InChI=1S/C17H24N4OS.HI/c1-13-16(23-14(2)21-13)12-20-17(18-3)19-10-7-11-22-15-8-5-4-6-9-15;/h4-6,8-9H,7,10-12H2,1-3H3,(H2,18,19,20);1H. The summed E-state index contributed by atoms with van der Waals surface area (Å²) in [6.07, 6.45) is 0.911. The molecule has 24 heavy (non-hydrogen) atoms. The Kier molecular flexibility index (Phi) is 9.70. The van der Waals surface area contributed by atoms with Crippen LogP contribution >= 0.6 is 35.3 Å². The summed E-state index contributed by atoms with van der Waals surface area (Å²) in [5, 5.41) is 7.71. The van der Waals surface area contributed by atoms with Crippen molar-refractivity contribution in [1.82, 2.24) is 15.6 Å². The molecule has 0 radical (unpaired) electrons. The van der Waals surface area contributed by atoms with Gasteiger partial charge in [0.2, 0.25) is 0 Å². The van der Waals surface area contributed by atoms with E-state index in [1.54, 1.807) is 18.4 Å².